The number of likely N-dealkylation sites (tertiary alicyclic amines) is 1. The molecule has 0 N–H and O–H groups in total. The Hall–Kier alpha value is -0.180. The van der Waals surface area contributed by atoms with Gasteiger partial charge in [-0.05, 0) is 5.92 Å². The molecule has 0 aliphatic carbocycles. The van der Waals surface area contributed by atoms with Crippen molar-refractivity contribution >= 4 is 0 Å². The van der Waals surface area contributed by atoms with Gasteiger partial charge in [0.25, 0.3) is 5.92 Å². The maximum absolute atomic E-state index is 12.6. The molecule has 0 saturated carbocycles. The molecule has 0 radical (unpaired) electrons. The van der Waals surface area contributed by atoms with Crippen LogP contribution in [0.1, 0.15) is 20.3 Å². The maximum Gasteiger partial charge on any atom is 0.261 e. The molecule has 0 amide bonds. The smallest absolute Gasteiger partial charge is 0.261 e. The fourth-order valence-corrected chi connectivity index (χ4v) is 1.48. The van der Waals surface area contributed by atoms with Crippen LogP contribution in [0, 0.1) is 5.92 Å². The molecule has 1 nitrogen and oxygen atoms in total. The van der Waals surface area contributed by atoms with Crippen LogP contribution in [0.4, 0.5) is 8.78 Å². The van der Waals surface area contributed by atoms with Gasteiger partial charge in [0, 0.05) is 19.5 Å². The van der Waals surface area contributed by atoms with Crippen LogP contribution in [0.3, 0.4) is 0 Å². The van der Waals surface area contributed by atoms with Gasteiger partial charge < -0.3 is 0 Å². The average Bonchev–Trinajstić information content (AvgIpc) is 2.08. The van der Waals surface area contributed by atoms with Gasteiger partial charge in [0.15, 0.2) is 0 Å². The molecule has 1 rings (SSSR count). The van der Waals surface area contributed by atoms with Crippen LogP contribution in [0.15, 0.2) is 0 Å². The molecule has 11 heavy (non-hydrogen) atoms. The number of nitrogens with zero attached hydrogens (tertiary/aromatic N) is 1. The molecule has 1 heterocycles. The highest BCUT2D eigenvalue weighted by molar-refractivity contribution is 4.81. The highest BCUT2D eigenvalue weighted by atomic mass is 19.3. The van der Waals surface area contributed by atoms with E-state index < -0.39 is 5.92 Å². The first-order chi connectivity index (χ1) is 4.99. The summed E-state index contributed by atoms with van der Waals surface area (Å²) in [7, 11) is 0. The van der Waals surface area contributed by atoms with Crippen LogP contribution < -0.4 is 0 Å². The summed E-state index contributed by atoms with van der Waals surface area (Å²) >= 11 is 0. The third-order valence-corrected chi connectivity index (χ3v) is 1.87. The molecule has 0 spiro atoms. The summed E-state index contributed by atoms with van der Waals surface area (Å²) in [5.74, 6) is -1.93. The van der Waals surface area contributed by atoms with Crippen molar-refractivity contribution in [3.05, 3.63) is 0 Å². The molecule has 1 fully saturated rings. The van der Waals surface area contributed by atoms with E-state index in [4.69, 9.17) is 0 Å². The molecule has 1 saturated heterocycles. The molecular weight excluding hydrogens is 148 g/mol. The summed E-state index contributed by atoms with van der Waals surface area (Å²) in [4.78, 5) is 1.84. The summed E-state index contributed by atoms with van der Waals surface area (Å²) in [5.41, 5.74) is 0. The minimum atomic E-state index is -2.42. The SMILES string of the molecule is CC(C)CN1CCC(F)(F)C1. The van der Waals surface area contributed by atoms with Crippen LogP contribution in [-0.4, -0.2) is 30.5 Å². The minimum Gasteiger partial charge on any atom is -0.297 e. The largest absolute Gasteiger partial charge is 0.297 e. The van der Waals surface area contributed by atoms with Gasteiger partial charge in [-0.15, -0.1) is 0 Å². The quantitative estimate of drug-likeness (QED) is 0.601. The normalized spacial score (nSPS) is 24.8. The number of halogens is 2. The lowest BCUT2D eigenvalue weighted by Crippen LogP contribution is -2.28. The summed E-state index contributed by atoms with van der Waals surface area (Å²) < 4.78 is 25.2. The Morgan fingerprint density at radius 1 is 1.45 bits per heavy atom. The van der Waals surface area contributed by atoms with Gasteiger partial charge in [0.05, 0.1) is 6.54 Å². The number of alkyl halides is 2. The highest BCUT2D eigenvalue weighted by Gasteiger charge is 2.37. The Labute approximate surface area is 66.4 Å². The lowest BCUT2D eigenvalue weighted by atomic mass is 10.2. The van der Waals surface area contributed by atoms with Crippen molar-refractivity contribution in [3.63, 3.8) is 0 Å². The van der Waals surface area contributed by atoms with E-state index in [1.807, 2.05) is 4.90 Å². The molecule has 0 unspecified atom stereocenters. The lowest BCUT2D eigenvalue weighted by molar-refractivity contribution is 0.0113. The van der Waals surface area contributed by atoms with Crippen molar-refractivity contribution < 1.29 is 8.78 Å². The Balaban J connectivity index is 2.31. The molecule has 1 aliphatic rings. The third-order valence-electron chi connectivity index (χ3n) is 1.87. The van der Waals surface area contributed by atoms with Crippen molar-refractivity contribution in [3.8, 4) is 0 Å². The van der Waals surface area contributed by atoms with E-state index in [9.17, 15) is 8.78 Å². The second-order valence-electron chi connectivity index (χ2n) is 3.73. The monoisotopic (exact) mass is 163 g/mol. The van der Waals surface area contributed by atoms with Crippen molar-refractivity contribution in [1.82, 2.24) is 4.90 Å². The van der Waals surface area contributed by atoms with Gasteiger partial charge in [0.1, 0.15) is 0 Å². The first kappa shape index (κ1) is 8.91. The summed E-state index contributed by atoms with van der Waals surface area (Å²) in [6, 6.07) is 0. The zero-order valence-electron chi connectivity index (χ0n) is 7.11. The van der Waals surface area contributed by atoms with E-state index in [2.05, 4.69) is 13.8 Å². The van der Waals surface area contributed by atoms with Crippen molar-refractivity contribution in [1.29, 1.82) is 0 Å². The predicted octanol–water partition coefficient (Wildman–Crippen LogP) is 1.98. The molecule has 0 bridgehead atoms. The number of hydrogen-bond donors (Lipinski definition) is 0. The fourth-order valence-electron chi connectivity index (χ4n) is 1.48. The van der Waals surface area contributed by atoms with Gasteiger partial charge in [-0.25, -0.2) is 8.78 Å². The highest BCUT2D eigenvalue weighted by Crippen LogP contribution is 2.26. The maximum atomic E-state index is 12.6. The van der Waals surface area contributed by atoms with Crippen molar-refractivity contribution in [2.45, 2.75) is 26.2 Å². The zero-order valence-corrected chi connectivity index (χ0v) is 7.11. The van der Waals surface area contributed by atoms with Gasteiger partial charge in [-0.2, -0.15) is 0 Å². The molecule has 0 aromatic rings. The Kier molecular flexibility index (Phi) is 2.47. The zero-order chi connectivity index (χ0) is 8.48. The number of rotatable bonds is 2. The molecular formula is C8H15F2N. The first-order valence-electron chi connectivity index (χ1n) is 4.10. The lowest BCUT2D eigenvalue weighted by Gasteiger charge is -2.17. The molecule has 0 atom stereocenters. The van der Waals surface area contributed by atoms with E-state index in [-0.39, 0.29) is 13.0 Å². The van der Waals surface area contributed by atoms with E-state index >= 15 is 0 Å². The van der Waals surface area contributed by atoms with Crippen molar-refractivity contribution in [2.24, 2.45) is 5.92 Å². The van der Waals surface area contributed by atoms with Crippen LogP contribution >= 0.6 is 0 Å². The van der Waals surface area contributed by atoms with Gasteiger partial charge in [-0.1, -0.05) is 13.8 Å². The molecule has 66 valence electrons. The van der Waals surface area contributed by atoms with Crippen LogP contribution in [0.5, 0.6) is 0 Å². The minimum absolute atomic E-state index is 0.0365. The van der Waals surface area contributed by atoms with E-state index in [1.165, 1.54) is 0 Å². The second kappa shape index (κ2) is 3.05. The van der Waals surface area contributed by atoms with E-state index in [0.29, 0.717) is 12.5 Å². The molecule has 1 aliphatic heterocycles. The summed E-state index contributed by atoms with van der Waals surface area (Å²) in [6.07, 6.45) is 0.0414. The topological polar surface area (TPSA) is 3.24 Å². The van der Waals surface area contributed by atoms with Gasteiger partial charge >= 0.3 is 0 Å². The summed E-state index contributed by atoms with van der Waals surface area (Å²) in [6.45, 7) is 5.43. The number of hydrogen-bond acceptors (Lipinski definition) is 1. The molecule has 0 aromatic carbocycles. The van der Waals surface area contributed by atoms with E-state index in [0.717, 1.165) is 6.54 Å². The first-order valence-corrected chi connectivity index (χ1v) is 4.10. The van der Waals surface area contributed by atoms with E-state index in [1.54, 1.807) is 0 Å². The summed E-state index contributed by atoms with van der Waals surface area (Å²) in [5, 5.41) is 0. The van der Waals surface area contributed by atoms with Crippen LogP contribution in [0.25, 0.3) is 0 Å². The van der Waals surface area contributed by atoms with Crippen LogP contribution in [-0.2, 0) is 0 Å². The predicted molar refractivity (Wildman–Crippen MR) is 40.8 cm³/mol. The Morgan fingerprint density at radius 3 is 2.45 bits per heavy atom. The molecule has 0 aromatic heterocycles. The van der Waals surface area contributed by atoms with Crippen LogP contribution in [0.2, 0.25) is 0 Å². The van der Waals surface area contributed by atoms with Gasteiger partial charge in [0.2, 0.25) is 0 Å². The van der Waals surface area contributed by atoms with Crippen molar-refractivity contribution in [2.75, 3.05) is 19.6 Å². The fraction of sp³-hybridized carbons (Fsp3) is 1.00. The third kappa shape index (κ3) is 2.73. The molecule has 3 heteroatoms. The van der Waals surface area contributed by atoms with Gasteiger partial charge in [-0.3, -0.25) is 4.90 Å². The standard InChI is InChI=1S/C8H15F2N/c1-7(2)5-11-4-3-8(9,10)6-11/h7H,3-6H2,1-2H3. The Morgan fingerprint density at radius 2 is 2.09 bits per heavy atom. The Bertz CT molecular complexity index is 134. The average molecular weight is 163 g/mol. The second-order valence-corrected chi connectivity index (χ2v) is 3.73.